The van der Waals surface area contributed by atoms with E-state index in [1.807, 2.05) is 104 Å². The third-order valence-corrected chi connectivity index (χ3v) is 4.85. The summed E-state index contributed by atoms with van der Waals surface area (Å²) in [5, 5.41) is 2.92. The molecule has 1 aromatic heterocycles. The van der Waals surface area contributed by atoms with Crippen LogP contribution in [0.1, 0.15) is 22.4 Å². The Kier molecular flexibility index (Phi) is 6.29. The standard InChI is InChI=1S/C27H23N3O/c1-20-12-14-22(15-13-20)18-26(31)30-27-24(17-16-21-8-4-2-5-9-21)29-25(19-28-27)23-10-6-3-7-11-23/h2-17,19H,18H2,1H3,(H,28,30,31)/b17-16+. The second-order valence-electron chi connectivity index (χ2n) is 7.31. The van der Waals surface area contributed by atoms with E-state index >= 15 is 0 Å². The van der Waals surface area contributed by atoms with E-state index in [-0.39, 0.29) is 12.3 Å². The van der Waals surface area contributed by atoms with Gasteiger partial charge in [0.25, 0.3) is 0 Å². The summed E-state index contributed by atoms with van der Waals surface area (Å²) < 4.78 is 0. The third-order valence-electron chi connectivity index (χ3n) is 4.85. The number of nitrogens with zero attached hydrogens (tertiary/aromatic N) is 2. The van der Waals surface area contributed by atoms with Crippen LogP contribution in [0.25, 0.3) is 23.4 Å². The number of carbonyl (C=O) groups excluding carboxylic acids is 1. The highest BCUT2D eigenvalue weighted by molar-refractivity contribution is 5.93. The second-order valence-corrected chi connectivity index (χ2v) is 7.31. The van der Waals surface area contributed by atoms with Gasteiger partial charge in [-0.15, -0.1) is 0 Å². The van der Waals surface area contributed by atoms with Crippen molar-refractivity contribution in [1.82, 2.24) is 9.97 Å². The predicted octanol–water partition coefficient (Wildman–Crippen LogP) is 5.80. The Morgan fingerprint density at radius 3 is 2.26 bits per heavy atom. The molecule has 0 saturated heterocycles. The smallest absolute Gasteiger partial charge is 0.230 e. The minimum absolute atomic E-state index is 0.125. The van der Waals surface area contributed by atoms with Crippen LogP contribution < -0.4 is 5.32 Å². The van der Waals surface area contributed by atoms with Gasteiger partial charge in [0.1, 0.15) is 5.69 Å². The molecule has 0 radical (unpaired) electrons. The van der Waals surface area contributed by atoms with Crippen molar-refractivity contribution in [3.63, 3.8) is 0 Å². The average molecular weight is 406 g/mol. The van der Waals surface area contributed by atoms with Gasteiger partial charge in [-0.2, -0.15) is 0 Å². The lowest BCUT2D eigenvalue weighted by atomic mass is 10.1. The van der Waals surface area contributed by atoms with Gasteiger partial charge < -0.3 is 5.32 Å². The lowest BCUT2D eigenvalue weighted by Gasteiger charge is -2.10. The number of benzene rings is 3. The Bertz CT molecular complexity index is 1180. The van der Waals surface area contributed by atoms with Gasteiger partial charge in [0, 0.05) is 5.56 Å². The summed E-state index contributed by atoms with van der Waals surface area (Å²) >= 11 is 0. The molecule has 0 spiro atoms. The summed E-state index contributed by atoms with van der Waals surface area (Å²) in [4.78, 5) is 21.9. The first-order chi connectivity index (χ1) is 15.2. The summed E-state index contributed by atoms with van der Waals surface area (Å²) in [7, 11) is 0. The van der Waals surface area contributed by atoms with Crippen molar-refractivity contribution >= 4 is 23.9 Å². The van der Waals surface area contributed by atoms with Crippen LogP contribution >= 0.6 is 0 Å². The van der Waals surface area contributed by atoms with Crippen LogP contribution in [0.5, 0.6) is 0 Å². The fourth-order valence-electron chi connectivity index (χ4n) is 3.17. The van der Waals surface area contributed by atoms with E-state index in [1.165, 1.54) is 5.56 Å². The molecule has 0 aliphatic rings. The Hall–Kier alpha value is -4.05. The maximum atomic E-state index is 12.6. The number of aryl methyl sites for hydroxylation is 1. The first kappa shape index (κ1) is 20.2. The predicted molar refractivity (Wildman–Crippen MR) is 126 cm³/mol. The maximum Gasteiger partial charge on any atom is 0.230 e. The van der Waals surface area contributed by atoms with E-state index in [1.54, 1.807) is 6.20 Å². The zero-order valence-electron chi connectivity index (χ0n) is 17.3. The lowest BCUT2D eigenvalue weighted by molar-refractivity contribution is -0.115. The third kappa shape index (κ3) is 5.52. The SMILES string of the molecule is Cc1ccc(CC(=O)Nc2ncc(-c3ccccc3)nc2/C=C/c2ccccc2)cc1. The molecule has 0 unspecified atom stereocenters. The number of hydrogen-bond donors (Lipinski definition) is 1. The van der Waals surface area contributed by atoms with Gasteiger partial charge in [-0.05, 0) is 24.1 Å². The Morgan fingerprint density at radius 1 is 0.871 bits per heavy atom. The number of carbonyl (C=O) groups is 1. The van der Waals surface area contributed by atoms with Crippen LogP contribution in [0.15, 0.2) is 91.1 Å². The van der Waals surface area contributed by atoms with Gasteiger partial charge in [0.2, 0.25) is 5.91 Å². The highest BCUT2D eigenvalue weighted by Gasteiger charge is 2.11. The molecular formula is C27H23N3O. The second kappa shape index (κ2) is 9.63. The van der Waals surface area contributed by atoms with E-state index in [9.17, 15) is 4.79 Å². The number of rotatable bonds is 6. The first-order valence-corrected chi connectivity index (χ1v) is 10.2. The summed E-state index contributed by atoms with van der Waals surface area (Å²) in [5.41, 5.74) is 5.51. The summed E-state index contributed by atoms with van der Waals surface area (Å²) in [6.45, 7) is 2.03. The number of nitrogens with one attached hydrogen (secondary N) is 1. The molecule has 0 aliphatic heterocycles. The van der Waals surface area contributed by atoms with Crippen LogP contribution in [0.2, 0.25) is 0 Å². The molecule has 1 amide bonds. The quantitative estimate of drug-likeness (QED) is 0.441. The normalized spacial score (nSPS) is 10.9. The van der Waals surface area contributed by atoms with Crippen molar-refractivity contribution in [3.05, 3.63) is 114 Å². The van der Waals surface area contributed by atoms with Crippen LogP contribution in [0.3, 0.4) is 0 Å². The first-order valence-electron chi connectivity index (χ1n) is 10.2. The van der Waals surface area contributed by atoms with Gasteiger partial charge in [-0.1, -0.05) is 96.6 Å². The van der Waals surface area contributed by atoms with Crippen molar-refractivity contribution < 1.29 is 4.79 Å². The summed E-state index contributed by atoms with van der Waals surface area (Å²) in [5.74, 6) is 0.323. The van der Waals surface area contributed by atoms with Crippen LogP contribution in [0, 0.1) is 6.92 Å². The van der Waals surface area contributed by atoms with Gasteiger partial charge in [0.15, 0.2) is 5.82 Å². The summed E-state index contributed by atoms with van der Waals surface area (Å²) in [6, 6.07) is 27.8. The topological polar surface area (TPSA) is 54.9 Å². The molecule has 0 fully saturated rings. The minimum atomic E-state index is -0.125. The van der Waals surface area contributed by atoms with Gasteiger partial charge in [0.05, 0.1) is 18.3 Å². The van der Waals surface area contributed by atoms with E-state index in [2.05, 4.69) is 10.3 Å². The molecule has 4 rings (SSSR count). The monoisotopic (exact) mass is 405 g/mol. The van der Waals surface area contributed by atoms with Gasteiger partial charge in [-0.25, -0.2) is 9.97 Å². The molecule has 152 valence electrons. The maximum absolute atomic E-state index is 12.6. The van der Waals surface area contributed by atoms with E-state index in [4.69, 9.17) is 4.98 Å². The molecule has 31 heavy (non-hydrogen) atoms. The molecule has 3 aromatic carbocycles. The van der Waals surface area contributed by atoms with Gasteiger partial charge >= 0.3 is 0 Å². The fraction of sp³-hybridized carbons (Fsp3) is 0.0741. The van der Waals surface area contributed by atoms with Crippen molar-refractivity contribution in [2.75, 3.05) is 5.32 Å². The van der Waals surface area contributed by atoms with Crippen molar-refractivity contribution in [2.45, 2.75) is 13.3 Å². The van der Waals surface area contributed by atoms with Crippen LogP contribution in [-0.2, 0) is 11.2 Å². The lowest BCUT2D eigenvalue weighted by Crippen LogP contribution is -2.16. The molecule has 4 aromatic rings. The van der Waals surface area contributed by atoms with E-state index < -0.39 is 0 Å². The molecular weight excluding hydrogens is 382 g/mol. The highest BCUT2D eigenvalue weighted by Crippen LogP contribution is 2.21. The zero-order chi connectivity index (χ0) is 21.5. The molecule has 4 nitrogen and oxygen atoms in total. The molecule has 0 bridgehead atoms. The molecule has 1 N–H and O–H groups in total. The Balaban J connectivity index is 1.61. The molecule has 0 saturated carbocycles. The van der Waals surface area contributed by atoms with Crippen LogP contribution in [0.4, 0.5) is 5.82 Å². The molecule has 1 heterocycles. The zero-order valence-corrected chi connectivity index (χ0v) is 17.3. The fourth-order valence-corrected chi connectivity index (χ4v) is 3.17. The number of hydrogen-bond acceptors (Lipinski definition) is 3. The summed E-state index contributed by atoms with van der Waals surface area (Å²) in [6.07, 6.45) is 5.82. The Labute approximate surface area is 182 Å². The average Bonchev–Trinajstić information content (AvgIpc) is 2.81. The van der Waals surface area contributed by atoms with Crippen molar-refractivity contribution in [2.24, 2.45) is 0 Å². The van der Waals surface area contributed by atoms with Crippen molar-refractivity contribution in [1.29, 1.82) is 0 Å². The van der Waals surface area contributed by atoms with Crippen molar-refractivity contribution in [3.8, 4) is 11.3 Å². The molecule has 4 heteroatoms. The van der Waals surface area contributed by atoms with Crippen LogP contribution in [-0.4, -0.2) is 15.9 Å². The Morgan fingerprint density at radius 2 is 1.55 bits per heavy atom. The highest BCUT2D eigenvalue weighted by atomic mass is 16.1. The number of anilines is 1. The number of aromatic nitrogens is 2. The van der Waals surface area contributed by atoms with E-state index in [0.717, 1.165) is 22.4 Å². The minimum Gasteiger partial charge on any atom is -0.309 e. The molecule has 0 aliphatic carbocycles. The molecule has 0 atom stereocenters. The largest absolute Gasteiger partial charge is 0.309 e. The number of amides is 1. The van der Waals surface area contributed by atoms with E-state index in [0.29, 0.717) is 11.5 Å². The van der Waals surface area contributed by atoms with Gasteiger partial charge in [-0.3, -0.25) is 4.79 Å².